The number of nitrogens with zero attached hydrogens (tertiary/aromatic N) is 1. The SMILES string of the molecule is C=Cc1cc(C=O)cc(-c2cccc(CN3O[C@@H](CO)[C@H]([C@H](C)O)[C@H]3C(=O)N[C@H]3C[C@H]4C[C@H]([C@@H]3C)C4(C)C)c2OC)c1. The van der Waals surface area contributed by atoms with Crippen molar-refractivity contribution in [3.8, 4) is 16.9 Å². The van der Waals surface area contributed by atoms with Crippen molar-refractivity contribution in [2.24, 2.45) is 29.1 Å². The van der Waals surface area contributed by atoms with Crippen molar-refractivity contribution in [3.05, 3.63) is 59.7 Å². The summed E-state index contributed by atoms with van der Waals surface area (Å²) in [6, 6.07) is 10.5. The number of hydrogen-bond acceptors (Lipinski definition) is 7. The Morgan fingerprint density at radius 2 is 2.00 bits per heavy atom. The van der Waals surface area contributed by atoms with E-state index in [1.807, 2.05) is 24.3 Å². The molecule has 0 aromatic heterocycles. The van der Waals surface area contributed by atoms with Crippen molar-refractivity contribution in [2.75, 3.05) is 13.7 Å². The van der Waals surface area contributed by atoms with Crippen molar-refractivity contribution in [3.63, 3.8) is 0 Å². The second-order valence-corrected chi connectivity index (χ2v) is 12.9. The molecule has 4 fully saturated rings. The maximum absolute atomic E-state index is 14.0. The van der Waals surface area contributed by atoms with Gasteiger partial charge in [0, 0.05) is 28.7 Å². The largest absolute Gasteiger partial charge is 0.496 e. The number of carbonyl (C=O) groups is 2. The third-order valence-electron chi connectivity index (χ3n) is 10.3. The van der Waals surface area contributed by atoms with E-state index in [0.29, 0.717) is 34.5 Å². The molecule has 0 unspecified atom stereocenters. The fraction of sp³-hybridized carbons (Fsp3) is 0.529. The molecule has 3 N–H and O–H groups in total. The number of ether oxygens (including phenoxy) is 1. The first kappa shape index (κ1) is 30.4. The number of fused-ring (bicyclic) bond motifs is 2. The number of aliphatic hydroxyl groups is 2. The van der Waals surface area contributed by atoms with Gasteiger partial charge in [-0.15, -0.1) is 0 Å². The third kappa shape index (κ3) is 5.30. The number of hydroxylamine groups is 2. The highest BCUT2D eigenvalue weighted by atomic mass is 16.7. The Morgan fingerprint density at radius 3 is 2.60 bits per heavy atom. The number of aldehydes is 1. The number of benzene rings is 2. The monoisotopic (exact) mass is 576 g/mol. The van der Waals surface area contributed by atoms with Crippen LogP contribution in [-0.2, 0) is 16.2 Å². The van der Waals surface area contributed by atoms with E-state index in [1.165, 1.54) is 6.42 Å². The van der Waals surface area contributed by atoms with E-state index < -0.39 is 24.2 Å². The lowest BCUT2D eigenvalue weighted by molar-refractivity contribution is -0.183. The molecular weight excluding hydrogens is 532 g/mol. The van der Waals surface area contributed by atoms with E-state index in [1.54, 1.807) is 37.3 Å². The van der Waals surface area contributed by atoms with Gasteiger partial charge in [0.05, 0.1) is 26.4 Å². The minimum atomic E-state index is -0.879. The minimum absolute atomic E-state index is 0.0565. The molecule has 226 valence electrons. The number of amides is 1. The molecule has 2 bridgehead atoms. The second kappa shape index (κ2) is 11.9. The van der Waals surface area contributed by atoms with Crippen LogP contribution in [0.5, 0.6) is 5.75 Å². The quantitative estimate of drug-likeness (QED) is 0.358. The number of para-hydroxylation sites is 1. The number of hydrogen-bond donors (Lipinski definition) is 3. The smallest absolute Gasteiger partial charge is 0.240 e. The molecule has 42 heavy (non-hydrogen) atoms. The molecular formula is C34H44N2O6. The van der Waals surface area contributed by atoms with Crippen LogP contribution >= 0.6 is 0 Å². The van der Waals surface area contributed by atoms with E-state index in [-0.39, 0.29) is 25.1 Å². The zero-order valence-corrected chi connectivity index (χ0v) is 25.2. The van der Waals surface area contributed by atoms with Gasteiger partial charge in [-0.25, -0.2) is 0 Å². The van der Waals surface area contributed by atoms with Crippen molar-refractivity contribution in [1.29, 1.82) is 0 Å². The lowest BCUT2D eigenvalue weighted by atomic mass is 9.45. The highest BCUT2D eigenvalue weighted by Gasteiger charge is 2.57. The molecule has 2 aromatic carbocycles. The Balaban J connectivity index is 1.45. The predicted octanol–water partition coefficient (Wildman–Crippen LogP) is 4.48. The molecule has 8 heteroatoms. The van der Waals surface area contributed by atoms with Crippen LogP contribution in [0.3, 0.4) is 0 Å². The van der Waals surface area contributed by atoms with Crippen molar-refractivity contribution in [2.45, 2.75) is 71.4 Å². The number of methoxy groups -OCH3 is 1. The molecule has 0 spiro atoms. The predicted molar refractivity (Wildman–Crippen MR) is 161 cm³/mol. The molecule has 8 atom stereocenters. The average Bonchev–Trinajstić information content (AvgIpc) is 3.36. The molecule has 3 aliphatic carbocycles. The molecule has 1 aliphatic heterocycles. The Hall–Kier alpha value is -3.04. The zero-order chi connectivity index (χ0) is 30.3. The molecule has 3 saturated carbocycles. The normalized spacial score (nSPS) is 30.7. The van der Waals surface area contributed by atoms with Crippen LogP contribution in [0.2, 0.25) is 0 Å². The van der Waals surface area contributed by atoms with Crippen molar-refractivity contribution < 1.29 is 29.4 Å². The van der Waals surface area contributed by atoms with Crippen LogP contribution in [0, 0.1) is 29.1 Å². The first-order valence-electron chi connectivity index (χ1n) is 15.0. The summed E-state index contributed by atoms with van der Waals surface area (Å²) >= 11 is 0. The van der Waals surface area contributed by atoms with Crippen LogP contribution in [0.4, 0.5) is 0 Å². The standard InChI is InChI=1S/C34H44N2O6/c1-7-21-11-22(17-37)13-24(12-21)26-10-8-9-23(32(26)41-6)16-36-31(30(20(3)39)29(18-38)42-36)33(40)35-28-15-25-14-27(19(28)2)34(25,4)5/h7-13,17,19-20,25,27-31,38-39H,1,14-16,18H2,2-6H3,(H,35,40)/t19-,20-,25+,27+,28-,29-,30-,31-/m0/s1. The molecule has 4 aliphatic rings. The van der Waals surface area contributed by atoms with Crippen molar-refractivity contribution in [1.82, 2.24) is 10.4 Å². The molecule has 2 aromatic rings. The van der Waals surface area contributed by atoms with Gasteiger partial charge in [0.1, 0.15) is 24.2 Å². The van der Waals surface area contributed by atoms with Gasteiger partial charge >= 0.3 is 0 Å². The first-order chi connectivity index (χ1) is 20.0. The summed E-state index contributed by atoms with van der Waals surface area (Å²) < 4.78 is 5.89. The van der Waals surface area contributed by atoms with Crippen molar-refractivity contribution >= 4 is 18.3 Å². The van der Waals surface area contributed by atoms with E-state index in [2.05, 4.69) is 32.7 Å². The van der Waals surface area contributed by atoms with E-state index >= 15 is 0 Å². The van der Waals surface area contributed by atoms with Crippen LogP contribution in [0.1, 0.15) is 62.0 Å². The summed E-state index contributed by atoms with van der Waals surface area (Å²) in [5.41, 5.74) is 3.98. The molecule has 1 saturated heterocycles. The number of aliphatic hydroxyl groups excluding tert-OH is 2. The Bertz CT molecular complexity index is 1310. The van der Waals surface area contributed by atoms with Gasteiger partial charge < -0.3 is 20.3 Å². The maximum Gasteiger partial charge on any atom is 0.240 e. The average molecular weight is 577 g/mol. The highest BCUT2D eigenvalue weighted by Crippen LogP contribution is 2.61. The number of nitrogens with one attached hydrogen (secondary N) is 1. The summed E-state index contributed by atoms with van der Waals surface area (Å²) in [6.07, 6.45) is 3.03. The van der Waals surface area contributed by atoms with Gasteiger partial charge in [-0.3, -0.25) is 14.4 Å². The maximum atomic E-state index is 14.0. The second-order valence-electron chi connectivity index (χ2n) is 12.9. The van der Waals surface area contributed by atoms with Gasteiger partial charge in [-0.05, 0) is 72.3 Å². The van der Waals surface area contributed by atoms with Crippen LogP contribution < -0.4 is 10.1 Å². The van der Waals surface area contributed by atoms with Crippen LogP contribution in [0.15, 0.2) is 43.0 Å². The molecule has 8 nitrogen and oxygen atoms in total. The topological polar surface area (TPSA) is 108 Å². The Kier molecular flexibility index (Phi) is 8.63. The molecule has 6 rings (SSSR count). The number of carbonyl (C=O) groups excluding carboxylic acids is 2. The van der Waals surface area contributed by atoms with Gasteiger partial charge in [0.15, 0.2) is 0 Å². The van der Waals surface area contributed by atoms with Gasteiger partial charge in [-0.2, -0.15) is 5.06 Å². The lowest BCUT2D eigenvalue weighted by Gasteiger charge is -2.62. The summed E-state index contributed by atoms with van der Waals surface area (Å²) in [6.45, 7) is 12.2. The van der Waals surface area contributed by atoms with E-state index in [9.17, 15) is 19.8 Å². The minimum Gasteiger partial charge on any atom is -0.496 e. The first-order valence-corrected chi connectivity index (χ1v) is 15.0. The van der Waals surface area contributed by atoms with Gasteiger partial charge in [-0.1, -0.05) is 51.6 Å². The van der Waals surface area contributed by atoms with Crippen LogP contribution in [-0.4, -0.2) is 65.5 Å². The molecule has 1 heterocycles. The van der Waals surface area contributed by atoms with E-state index in [0.717, 1.165) is 35.0 Å². The van der Waals surface area contributed by atoms with Crippen LogP contribution in [0.25, 0.3) is 17.2 Å². The fourth-order valence-corrected chi connectivity index (χ4v) is 7.85. The highest BCUT2D eigenvalue weighted by molar-refractivity contribution is 5.84. The number of rotatable bonds is 10. The van der Waals surface area contributed by atoms with E-state index in [4.69, 9.17) is 9.57 Å². The Labute approximate surface area is 248 Å². The Morgan fingerprint density at radius 1 is 1.26 bits per heavy atom. The molecule has 1 amide bonds. The summed E-state index contributed by atoms with van der Waals surface area (Å²) in [5, 5.41) is 25.8. The summed E-state index contributed by atoms with van der Waals surface area (Å²) in [7, 11) is 1.59. The van der Waals surface area contributed by atoms with Gasteiger partial charge in [0.2, 0.25) is 5.91 Å². The molecule has 0 radical (unpaired) electrons. The lowest BCUT2D eigenvalue weighted by Crippen LogP contribution is -2.62. The van der Waals surface area contributed by atoms with Gasteiger partial charge in [0.25, 0.3) is 0 Å². The summed E-state index contributed by atoms with van der Waals surface area (Å²) in [4.78, 5) is 31.8. The zero-order valence-electron chi connectivity index (χ0n) is 25.2. The summed E-state index contributed by atoms with van der Waals surface area (Å²) in [5.74, 6) is 1.28. The fourth-order valence-electron chi connectivity index (χ4n) is 7.85. The third-order valence-corrected chi connectivity index (χ3v) is 10.3.